The van der Waals surface area contributed by atoms with E-state index in [1.54, 1.807) is 11.9 Å². The number of amides is 1. The molecule has 0 N–H and O–H groups in total. The highest BCUT2D eigenvalue weighted by molar-refractivity contribution is 5.76. The summed E-state index contributed by atoms with van der Waals surface area (Å²) in [5, 5.41) is 4.12. The molecule has 22 heavy (non-hydrogen) atoms. The molecule has 0 saturated heterocycles. The van der Waals surface area contributed by atoms with Crippen LogP contribution in [0.5, 0.6) is 0 Å². The molecule has 6 nitrogen and oxygen atoms in total. The highest BCUT2D eigenvalue weighted by atomic mass is 16.4. The highest BCUT2D eigenvalue weighted by Gasteiger charge is 2.24. The Morgan fingerprint density at radius 3 is 2.68 bits per heavy atom. The van der Waals surface area contributed by atoms with Crippen LogP contribution >= 0.6 is 0 Å². The number of likely N-dealkylation sites (N-methyl/N-ethyl adjacent to an activating group) is 1. The van der Waals surface area contributed by atoms with Crippen LogP contribution < -0.4 is 5.76 Å². The van der Waals surface area contributed by atoms with Crippen molar-refractivity contribution in [2.75, 3.05) is 7.05 Å². The van der Waals surface area contributed by atoms with Crippen molar-refractivity contribution in [2.24, 2.45) is 0 Å². The Kier molecular flexibility index (Phi) is 4.09. The van der Waals surface area contributed by atoms with Crippen molar-refractivity contribution in [3.05, 3.63) is 40.9 Å². The van der Waals surface area contributed by atoms with Crippen LogP contribution in [0.15, 0.2) is 39.5 Å². The van der Waals surface area contributed by atoms with Crippen molar-refractivity contribution in [3.8, 4) is 11.5 Å². The molecule has 1 aromatic carbocycles. The summed E-state index contributed by atoms with van der Waals surface area (Å²) >= 11 is 0. The van der Waals surface area contributed by atoms with E-state index in [1.165, 1.54) is 0 Å². The van der Waals surface area contributed by atoms with Crippen LogP contribution in [0.2, 0.25) is 0 Å². The van der Waals surface area contributed by atoms with E-state index in [0.29, 0.717) is 0 Å². The summed E-state index contributed by atoms with van der Waals surface area (Å²) in [7, 11) is 1.79. The Labute approximate surface area is 128 Å². The van der Waals surface area contributed by atoms with Gasteiger partial charge in [0.05, 0.1) is 0 Å². The molecule has 0 atom stereocenters. The molecule has 1 amide bonds. The first-order valence-corrected chi connectivity index (χ1v) is 7.54. The fraction of sp³-hybridized carbons (Fsp3) is 0.438. The van der Waals surface area contributed by atoms with Gasteiger partial charge in [-0.15, -0.1) is 5.10 Å². The Bertz CT molecular complexity index is 699. The largest absolute Gasteiger partial charge is 0.437 e. The molecule has 1 heterocycles. The van der Waals surface area contributed by atoms with Crippen LogP contribution in [0.3, 0.4) is 0 Å². The number of aromatic nitrogens is 2. The van der Waals surface area contributed by atoms with Crippen molar-refractivity contribution in [3.63, 3.8) is 0 Å². The molecule has 0 aliphatic heterocycles. The summed E-state index contributed by atoms with van der Waals surface area (Å²) < 4.78 is 6.23. The van der Waals surface area contributed by atoms with Crippen molar-refractivity contribution in [1.29, 1.82) is 0 Å². The van der Waals surface area contributed by atoms with Crippen molar-refractivity contribution in [2.45, 2.75) is 38.3 Å². The van der Waals surface area contributed by atoms with E-state index in [-0.39, 0.29) is 24.4 Å². The van der Waals surface area contributed by atoms with E-state index < -0.39 is 5.76 Å². The van der Waals surface area contributed by atoms with E-state index in [1.807, 2.05) is 30.3 Å². The van der Waals surface area contributed by atoms with Crippen molar-refractivity contribution < 1.29 is 9.21 Å². The first-order valence-electron chi connectivity index (χ1n) is 7.54. The molecule has 1 aromatic heterocycles. The molecule has 116 valence electrons. The van der Waals surface area contributed by atoms with Gasteiger partial charge in [-0.2, -0.15) is 4.68 Å². The predicted molar refractivity (Wildman–Crippen MR) is 81.2 cm³/mol. The van der Waals surface area contributed by atoms with E-state index in [0.717, 1.165) is 35.9 Å². The lowest BCUT2D eigenvalue weighted by Gasteiger charge is -2.23. The molecule has 0 unspecified atom stereocenters. The van der Waals surface area contributed by atoms with Crippen molar-refractivity contribution in [1.82, 2.24) is 14.7 Å². The van der Waals surface area contributed by atoms with E-state index in [4.69, 9.17) is 4.42 Å². The van der Waals surface area contributed by atoms with Gasteiger partial charge < -0.3 is 9.32 Å². The molecule has 0 spiro atoms. The third kappa shape index (κ3) is 2.95. The van der Waals surface area contributed by atoms with E-state index >= 15 is 0 Å². The molecule has 1 fully saturated rings. The Balaban J connectivity index is 1.74. The number of carbonyl (C=O) groups is 1. The zero-order chi connectivity index (χ0) is 15.5. The molecule has 1 saturated carbocycles. The fourth-order valence-electron chi connectivity index (χ4n) is 2.84. The number of benzene rings is 1. The number of hydrogen-bond acceptors (Lipinski definition) is 4. The lowest BCUT2D eigenvalue weighted by atomic mass is 10.2. The summed E-state index contributed by atoms with van der Waals surface area (Å²) in [5.41, 5.74) is 0.718. The quantitative estimate of drug-likeness (QED) is 0.865. The van der Waals surface area contributed by atoms with Crippen LogP contribution in [-0.4, -0.2) is 33.7 Å². The molecule has 6 heteroatoms. The average molecular weight is 301 g/mol. The van der Waals surface area contributed by atoms with Gasteiger partial charge in [0.25, 0.3) is 0 Å². The summed E-state index contributed by atoms with van der Waals surface area (Å²) in [6.45, 7) is -0.0812. The zero-order valence-corrected chi connectivity index (χ0v) is 12.6. The van der Waals surface area contributed by atoms with Gasteiger partial charge in [-0.25, -0.2) is 4.79 Å². The second kappa shape index (κ2) is 6.17. The van der Waals surface area contributed by atoms with Gasteiger partial charge in [0.15, 0.2) is 0 Å². The van der Waals surface area contributed by atoms with E-state index in [2.05, 4.69) is 5.10 Å². The molecular formula is C16H19N3O3. The second-order valence-electron chi connectivity index (χ2n) is 5.64. The van der Waals surface area contributed by atoms with Gasteiger partial charge in [-0.1, -0.05) is 31.0 Å². The monoisotopic (exact) mass is 301 g/mol. The standard InChI is InChI=1S/C16H19N3O3/c1-18(13-9-5-6-10-13)14(20)11-19-16(21)22-15(17-19)12-7-3-2-4-8-12/h2-4,7-8,13H,5-6,9-11H2,1H3. The van der Waals surface area contributed by atoms with Crippen LogP contribution in [-0.2, 0) is 11.3 Å². The lowest BCUT2D eigenvalue weighted by molar-refractivity contribution is -0.132. The molecule has 1 aliphatic carbocycles. The number of carbonyl (C=O) groups excluding carboxylic acids is 1. The Morgan fingerprint density at radius 1 is 1.32 bits per heavy atom. The van der Waals surface area contributed by atoms with Gasteiger partial charge in [-0.05, 0) is 25.0 Å². The number of nitrogens with zero attached hydrogens (tertiary/aromatic N) is 3. The van der Waals surface area contributed by atoms with Gasteiger partial charge in [0.1, 0.15) is 6.54 Å². The second-order valence-corrected chi connectivity index (χ2v) is 5.64. The lowest BCUT2D eigenvalue weighted by Crippen LogP contribution is -2.39. The Morgan fingerprint density at radius 2 is 2.00 bits per heavy atom. The molecule has 3 rings (SSSR count). The smallest absolute Gasteiger partial charge is 0.388 e. The van der Waals surface area contributed by atoms with Gasteiger partial charge >= 0.3 is 5.76 Å². The average Bonchev–Trinajstić information content (AvgIpc) is 3.18. The summed E-state index contributed by atoms with van der Waals surface area (Å²) in [6, 6.07) is 9.45. The molecule has 1 aliphatic rings. The number of rotatable bonds is 4. The predicted octanol–water partition coefficient (Wildman–Crippen LogP) is 1.90. The number of hydrogen-bond donors (Lipinski definition) is 0. The van der Waals surface area contributed by atoms with Crippen LogP contribution in [0, 0.1) is 0 Å². The van der Waals surface area contributed by atoms with Crippen molar-refractivity contribution >= 4 is 5.91 Å². The summed E-state index contributed by atoms with van der Waals surface area (Å²) in [5.74, 6) is -0.476. The van der Waals surface area contributed by atoms with Crippen LogP contribution in [0.4, 0.5) is 0 Å². The Hall–Kier alpha value is -2.37. The molecule has 0 radical (unpaired) electrons. The topological polar surface area (TPSA) is 68.3 Å². The van der Waals surface area contributed by atoms with Crippen LogP contribution in [0.25, 0.3) is 11.5 Å². The minimum absolute atomic E-state index is 0.0812. The third-order valence-corrected chi connectivity index (χ3v) is 4.18. The highest BCUT2D eigenvalue weighted by Crippen LogP contribution is 2.22. The minimum atomic E-state index is -0.605. The zero-order valence-electron chi connectivity index (χ0n) is 12.6. The maximum absolute atomic E-state index is 12.3. The van der Waals surface area contributed by atoms with Gasteiger partial charge in [-0.3, -0.25) is 4.79 Å². The molecule has 2 aromatic rings. The SMILES string of the molecule is CN(C(=O)Cn1nc(-c2ccccc2)oc1=O)C1CCCC1. The van der Waals surface area contributed by atoms with E-state index in [9.17, 15) is 9.59 Å². The third-order valence-electron chi connectivity index (χ3n) is 4.18. The summed E-state index contributed by atoms with van der Waals surface area (Å²) in [6.07, 6.45) is 4.38. The fourth-order valence-corrected chi connectivity index (χ4v) is 2.84. The first-order chi connectivity index (χ1) is 10.6. The minimum Gasteiger partial charge on any atom is -0.388 e. The molecule has 0 bridgehead atoms. The maximum atomic E-state index is 12.3. The van der Waals surface area contributed by atoms with Gasteiger partial charge in [0.2, 0.25) is 11.8 Å². The maximum Gasteiger partial charge on any atom is 0.437 e. The van der Waals surface area contributed by atoms with Gasteiger partial charge in [0, 0.05) is 18.7 Å². The summed E-state index contributed by atoms with van der Waals surface area (Å²) in [4.78, 5) is 25.9. The van der Waals surface area contributed by atoms with Crippen LogP contribution in [0.1, 0.15) is 25.7 Å². The first kappa shape index (κ1) is 14.6. The normalized spacial score (nSPS) is 15.1. The molecular weight excluding hydrogens is 282 g/mol.